The number of para-hydroxylation sites is 1. The highest BCUT2D eigenvalue weighted by Crippen LogP contribution is 2.50. The number of hydrogen-bond acceptors (Lipinski definition) is 3. The number of carbonyl (C=O) groups is 1. The maximum absolute atomic E-state index is 12.4. The number of nitrogens with one attached hydrogen (secondary N) is 1. The molecule has 2 unspecified atom stereocenters. The summed E-state index contributed by atoms with van der Waals surface area (Å²) in [5.74, 6) is 1.88. The Morgan fingerprint density at radius 3 is 2.68 bits per heavy atom. The first-order valence-corrected chi connectivity index (χ1v) is 8.27. The quantitative estimate of drug-likeness (QED) is 0.878. The van der Waals surface area contributed by atoms with Gasteiger partial charge in [0.2, 0.25) is 5.91 Å². The molecule has 22 heavy (non-hydrogen) atoms. The molecule has 2 fully saturated rings. The Hall–Kier alpha value is -1.55. The van der Waals surface area contributed by atoms with E-state index in [0.29, 0.717) is 11.8 Å². The summed E-state index contributed by atoms with van der Waals surface area (Å²) in [6, 6.07) is 8.26. The van der Waals surface area contributed by atoms with E-state index >= 15 is 0 Å². The van der Waals surface area contributed by atoms with Crippen molar-refractivity contribution < 1.29 is 14.6 Å². The van der Waals surface area contributed by atoms with Crippen LogP contribution in [0, 0.1) is 11.8 Å². The second-order valence-corrected chi connectivity index (χ2v) is 6.60. The van der Waals surface area contributed by atoms with E-state index in [0.717, 1.165) is 43.4 Å². The van der Waals surface area contributed by atoms with E-state index in [2.05, 4.69) is 11.4 Å². The molecule has 1 aromatic rings. The van der Waals surface area contributed by atoms with Crippen LogP contribution in [0.25, 0.3) is 0 Å². The maximum atomic E-state index is 12.4. The zero-order valence-corrected chi connectivity index (χ0v) is 13.1. The highest BCUT2D eigenvalue weighted by molar-refractivity contribution is 5.83. The van der Waals surface area contributed by atoms with E-state index in [1.165, 1.54) is 0 Å². The monoisotopic (exact) mass is 303 g/mol. The molecule has 4 heteroatoms. The minimum absolute atomic E-state index is 0.0897. The summed E-state index contributed by atoms with van der Waals surface area (Å²) in [6.07, 6.45) is 4.92. The molecule has 3 rings (SSSR count). The SMILES string of the molecule is COc1ccccc1C1CC1C(=O)NC1CCC(CO)CC1. The molecule has 2 aliphatic carbocycles. The Labute approximate surface area is 131 Å². The second kappa shape index (κ2) is 6.69. The zero-order chi connectivity index (χ0) is 15.5. The van der Waals surface area contributed by atoms with Crippen molar-refractivity contribution in [3.8, 4) is 5.75 Å². The van der Waals surface area contributed by atoms with Gasteiger partial charge in [-0.1, -0.05) is 18.2 Å². The van der Waals surface area contributed by atoms with Crippen LogP contribution >= 0.6 is 0 Å². The van der Waals surface area contributed by atoms with Crippen LogP contribution in [0.1, 0.15) is 43.6 Å². The maximum Gasteiger partial charge on any atom is 0.223 e. The lowest BCUT2D eigenvalue weighted by Gasteiger charge is -2.28. The molecule has 0 saturated heterocycles. The van der Waals surface area contributed by atoms with E-state index in [4.69, 9.17) is 9.84 Å². The minimum Gasteiger partial charge on any atom is -0.496 e. The Morgan fingerprint density at radius 1 is 1.27 bits per heavy atom. The topological polar surface area (TPSA) is 58.6 Å². The molecular weight excluding hydrogens is 278 g/mol. The molecule has 2 saturated carbocycles. The van der Waals surface area contributed by atoms with Gasteiger partial charge in [-0.3, -0.25) is 4.79 Å². The Kier molecular flexibility index (Phi) is 4.67. The third-order valence-corrected chi connectivity index (χ3v) is 5.12. The predicted octanol–water partition coefficient (Wildman–Crippen LogP) is 2.47. The summed E-state index contributed by atoms with van der Waals surface area (Å²) in [5, 5.41) is 12.4. The zero-order valence-electron chi connectivity index (χ0n) is 13.1. The van der Waals surface area contributed by atoms with Gasteiger partial charge >= 0.3 is 0 Å². The molecule has 4 nitrogen and oxygen atoms in total. The standard InChI is InChI=1S/C18H25NO3/c1-22-17-5-3-2-4-14(17)15-10-16(15)18(21)19-13-8-6-12(11-20)7-9-13/h2-5,12-13,15-16,20H,6-11H2,1H3,(H,19,21). The lowest BCUT2D eigenvalue weighted by Crippen LogP contribution is -2.39. The number of hydrogen-bond donors (Lipinski definition) is 2. The first-order chi connectivity index (χ1) is 10.7. The second-order valence-electron chi connectivity index (χ2n) is 6.60. The lowest BCUT2D eigenvalue weighted by molar-refractivity contribution is -0.123. The predicted molar refractivity (Wildman–Crippen MR) is 84.8 cm³/mol. The van der Waals surface area contributed by atoms with Crippen LogP contribution in [0.2, 0.25) is 0 Å². The third kappa shape index (κ3) is 3.27. The van der Waals surface area contributed by atoms with Crippen LogP contribution < -0.4 is 10.1 Å². The smallest absolute Gasteiger partial charge is 0.223 e. The molecule has 0 bridgehead atoms. The average molecular weight is 303 g/mol. The van der Waals surface area contributed by atoms with Crippen molar-refractivity contribution in [2.75, 3.05) is 13.7 Å². The summed E-state index contributed by atoms with van der Waals surface area (Å²) in [7, 11) is 1.68. The van der Waals surface area contributed by atoms with Gasteiger partial charge in [0, 0.05) is 18.6 Å². The van der Waals surface area contributed by atoms with Crippen LogP contribution in [0.3, 0.4) is 0 Å². The highest BCUT2D eigenvalue weighted by atomic mass is 16.5. The largest absolute Gasteiger partial charge is 0.496 e. The molecule has 0 aliphatic heterocycles. The van der Waals surface area contributed by atoms with Gasteiger partial charge in [-0.05, 0) is 55.6 Å². The van der Waals surface area contributed by atoms with Crippen molar-refractivity contribution in [1.82, 2.24) is 5.32 Å². The molecule has 0 heterocycles. The lowest BCUT2D eigenvalue weighted by atomic mass is 9.86. The molecule has 2 aliphatic rings. The fourth-order valence-electron chi connectivity index (χ4n) is 3.60. The highest BCUT2D eigenvalue weighted by Gasteiger charge is 2.45. The number of aliphatic hydroxyl groups excluding tert-OH is 1. The van der Waals surface area contributed by atoms with Gasteiger partial charge in [0.15, 0.2) is 0 Å². The number of aliphatic hydroxyl groups is 1. The normalized spacial score (nSPS) is 30.6. The van der Waals surface area contributed by atoms with Gasteiger partial charge in [0.05, 0.1) is 7.11 Å². The molecule has 0 radical (unpaired) electrons. The van der Waals surface area contributed by atoms with Crippen molar-refractivity contribution in [2.24, 2.45) is 11.8 Å². The summed E-state index contributed by atoms with van der Waals surface area (Å²) in [5.41, 5.74) is 1.15. The fourth-order valence-corrected chi connectivity index (χ4v) is 3.60. The Morgan fingerprint density at radius 2 is 2.00 bits per heavy atom. The Balaban J connectivity index is 1.53. The average Bonchev–Trinajstić information content (AvgIpc) is 3.36. The van der Waals surface area contributed by atoms with Crippen molar-refractivity contribution in [3.05, 3.63) is 29.8 Å². The molecule has 1 aromatic carbocycles. The number of amides is 1. The number of carbonyl (C=O) groups excluding carboxylic acids is 1. The van der Waals surface area contributed by atoms with Crippen molar-refractivity contribution in [3.63, 3.8) is 0 Å². The molecule has 0 aromatic heterocycles. The van der Waals surface area contributed by atoms with Crippen molar-refractivity contribution in [1.29, 1.82) is 0 Å². The van der Waals surface area contributed by atoms with Crippen LogP contribution in [-0.4, -0.2) is 30.8 Å². The third-order valence-electron chi connectivity index (χ3n) is 5.12. The minimum atomic E-state index is 0.0897. The number of rotatable bonds is 5. The Bertz CT molecular complexity index is 523. The van der Waals surface area contributed by atoms with E-state index in [1.54, 1.807) is 7.11 Å². The van der Waals surface area contributed by atoms with Gasteiger partial charge in [-0.2, -0.15) is 0 Å². The van der Waals surface area contributed by atoms with Crippen LogP contribution in [0.4, 0.5) is 0 Å². The summed E-state index contributed by atoms with van der Waals surface area (Å²) in [4.78, 5) is 12.4. The van der Waals surface area contributed by atoms with E-state index in [-0.39, 0.29) is 24.5 Å². The molecule has 2 N–H and O–H groups in total. The molecule has 1 amide bonds. The van der Waals surface area contributed by atoms with E-state index in [1.807, 2.05) is 18.2 Å². The van der Waals surface area contributed by atoms with Crippen LogP contribution in [0.15, 0.2) is 24.3 Å². The van der Waals surface area contributed by atoms with Gasteiger partial charge in [-0.25, -0.2) is 0 Å². The van der Waals surface area contributed by atoms with Crippen LogP contribution in [0.5, 0.6) is 5.75 Å². The van der Waals surface area contributed by atoms with E-state index in [9.17, 15) is 4.79 Å². The van der Waals surface area contributed by atoms with Crippen molar-refractivity contribution in [2.45, 2.75) is 44.1 Å². The molecular formula is C18H25NO3. The summed E-state index contributed by atoms with van der Waals surface area (Å²) >= 11 is 0. The van der Waals surface area contributed by atoms with Crippen LogP contribution in [-0.2, 0) is 4.79 Å². The van der Waals surface area contributed by atoms with Crippen molar-refractivity contribution >= 4 is 5.91 Å². The first kappa shape index (κ1) is 15.3. The van der Waals surface area contributed by atoms with Gasteiger partial charge in [-0.15, -0.1) is 0 Å². The molecule has 2 atom stereocenters. The summed E-state index contributed by atoms with van der Waals surface area (Å²) < 4.78 is 5.39. The first-order valence-electron chi connectivity index (χ1n) is 8.27. The fraction of sp³-hybridized carbons (Fsp3) is 0.611. The summed E-state index contributed by atoms with van der Waals surface area (Å²) in [6.45, 7) is 0.277. The number of benzene rings is 1. The molecule has 120 valence electrons. The number of methoxy groups -OCH3 is 1. The molecule has 0 spiro atoms. The van der Waals surface area contributed by atoms with Gasteiger partial charge < -0.3 is 15.2 Å². The van der Waals surface area contributed by atoms with Gasteiger partial charge in [0.1, 0.15) is 5.75 Å². The van der Waals surface area contributed by atoms with E-state index < -0.39 is 0 Å². The number of ether oxygens (including phenoxy) is 1. The van der Waals surface area contributed by atoms with Gasteiger partial charge in [0.25, 0.3) is 0 Å².